The van der Waals surface area contributed by atoms with Crippen LogP contribution in [0.25, 0.3) is 0 Å². The van der Waals surface area contributed by atoms with Gasteiger partial charge in [-0.15, -0.1) is 5.10 Å². The third kappa shape index (κ3) is 3.22. The van der Waals surface area contributed by atoms with E-state index in [9.17, 15) is 0 Å². The Bertz CT molecular complexity index is 532. The first kappa shape index (κ1) is 13.3. The van der Waals surface area contributed by atoms with Gasteiger partial charge >= 0.3 is 0 Å². The number of anilines is 1. The minimum atomic E-state index is 0.0517. The molecule has 2 N–H and O–H groups in total. The molecular formula is C11H12BrClN4O. The fraction of sp³-hybridized carbons (Fsp3) is 0.273. The number of rotatable bonds is 5. The molecule has 0 radical (unpaired) electrons. The van der Waals surface area contributed by atoms with Gasteiger partial charge in [0, 0.05) is 0 Å². The number of nitrogens with one attached hydrogen (secondary N) is 1. The summed E-state index contributed by atoms with van der Waals surface area (Å²) in [5.74, 6) is 0. The van der Waals surface area contributed by atoms with E-state index in [1.54, 1.807) is 10.9 Å². The number of nitrogens with zero attached hydrogens (tertiary/aromatic N) is 3. The van der Waals surface area contributed by atoms with Gasteiger partial charge in [0.05, 0.1) is 41.1 Å². The Morgan fingerprint density at radius 3 is 3.06 bits per heavy atom. The predicted octanol–water partition coefficient (Wildman–Crippen LogP) is 2.30. The summed E-state index contributed by atoms with van der Waals surface area (Å²) in [4.78, 5) is 0. The van der Waals surface area contributed by atoms with Crippen molar-refractivity contribution < 1.29 is 5.11 Å². The second-order valence-electron chi connectivity index (χ2n) is 3.65. The Kier molecular flexibility index (Phi) is 4.57. The summed E-state index contributed by atoms with van der Waals surface area (Å²) in [6, 6.07) is 5.61. The van der Waals surface area contributed by atoms with Crippen LogP contribution < -0.4 is 5.32 Å². The van der Waals surface area contributed by atoms with Crippen molar-refractivity contribution in [2.75, 3.05) is 11.9 Å². The molecule has 2 rings (SSSR count). The third-order valence-electron chi connectivity index (χ3n) is 2.33. The topological polar surface area (TPSA) is 63.0 Å². The summed E-state index contributed by atoms with van der Waals surface area (Å²) in [6.07, 6.45) is 1.79. The lowest BCUT2D eigenvalue weighted by atomic mass is 10.3. The molecule has 0 spiro atoms. The van der Waals surface area contributed by atoms with Crippen molar-refractivity contribution in [3.05, 3.63) is 39.6 Å². The van der Waals surface area contributed by atoms with Crippen LogP contribution in [0.2, 0.25) is 5.02 Å². The number of hydrogen-bond acceptors (Lipinski definition) is 4. The van der Waals surface area contributed by atoms with Crippen LogP contribution in [0.3, 0.4) is 0 Å². The zero-order chi connectivity index (χ0) is 13.0. The van der Waals surface area contributed by atoms with Crippen LogP contribution in [0.1, 0.15) is 5.69 Å². The van der Waals surface area contributed by atoms with Gasteiger partial charge in [-0.3, -0.25) is 0 Å². The lowest BCUT2D eigenvalue weighted by Crippen LogP contribution is -2.02. The predicted molar refractivity (Wildman–Crippen MR) is 73.6 cm³/mol. The largest absolute Gasteiger partial charge is 0.394 e. The molecule has 0 saturated heterocycles. The van der Waals surface area contributed by atoms with Gasteiger partial charge in [0.25, 0.3) is 0 Å². The summed E-state index contributed by atoms with van der Waals surface area (Å²) in [6.45, 7) is 1.05. The van der Waals surface area contributed by atoms with Gasteiger partial charge in [-0.1, -0.05) is 22.9 Å². The number of aliphatic hydroxyl groups is 1. The van der Waals surface area contributed by atoms with Gasteiger partial charge in [0.2, 0.25) is 0 Å². The van der Waals surface area contributed by atoms with Crippen molar-refractivity contribution in [1.82, 2.24) is 15.0 Å². The highest BCUT2D eigenvalue weighted by molar-refractivity contribution is 9.10. The average molecular weight is 332 g/mol. The van der Waals surface area contributed by atoms with Gasteiger partial charge in [-0.25, -0.2) is 4.68 Å². The molecule has 5 nitrogen and oxygen atoms in total. The maximum Gasteiger partial charge on any atom is 0.102 e. The first-order chi connectivity index (χ1) is 8.70. The SMILES string of the molecule is OCCn1cc(CNc2cccc(Cl)c2Br)nn1. The van der Waals surface area contributed by atoms with Gasteiger partial charge in [0.15, 0.2) is 0 Å². The molecule has 0 aliphatic heterocycles. The molecule has 0 fully saturated rings. The summed E-state index contributed by atoms with van der Waals surface area (Å²) in [5.41, 5.74) is 1.70. The zero-order valence-corrected chi connectivity index (χ0v) is 11.8. The van der Waals surface area contributed by atoms with Gasteiger partial charge < -0.3 is 10.4 Å². The van der Waals surface area contributed by atoms with Gasteiger partial charge in [0.1, 0.15) is 5.69 Å². The van der Waals surface area contributed by atoms with Crippen LogP contribution in [0.5, 0.6) is 0 Å². The lowest BCUT2D eigenvalue weighted by molar-refractivity contribution is 0.268. The molecule has 0 saturated carbocycles. The number of halogens is 2. The quantitative estimate of drug-likeness (QED) is 0.882. The molecular weight excluding hydrogens is 320 g/mol. The molecule has 0 bridgehead atoms. The van der Waals surface area contributed by atoms with Crippen molar-refractivity contribution in [3.8, 4) is 0 Å². The minimum Gasteiger partial charge on any atom is -0.394 e. The highest BCUT2D eigenvalue weighted by atomic mass is 79.9. The summed E-state index contributed by atoms with van der Waals surface area (Å²) >= 11 is 9.41. The van der Waals surface area contributed by atoms with Crippen molar-refractivity contribution in [1.29, 1.82) is 0 Å². The van der Waals surface area contributed by atoms with Crippen molar-refractivity contribution in [2.45, 2.75) is 13.1 Å². The Morgan fingerprint density at radius 2 is 2.28 bits per heavy atom. The number of aliphatic hydroxyl groups excluding tert-OH is 1. The number of aromatic nitrogens is 3. The van der Waals surface area contributed by atoms with Crippen LogP contribution in [0.4, 0.5) is 5.69 Å². The van der Waals surface area contributed by atoms with Crippen LogP contribution in [-0.4, -0.2) is 26.7 Å². The standard InChI is InChI=1S/C11H12BrClN4O/c12-11-9(13)2-1-3-10(11)14-6-8-7-17(4-5-18)16-15-8/h1-3,7,14,18H,4-6H2. The fourth-order valence-electron chi connectivity index (χ4n) is 1.46. The molecule has 1 heterocycles. The molecule has 96 valence electrons. The maximum atomic E-state index is 8.78. The van der Waals surface area contributed by atoms with Crippen molar-refractivity contribution in [3.63, 3.8) is 0 Å². The first-order valence-corrected chi connectivity index (χ1v) is 6.55. The van der Waals surface area contributed by atoms with Crippen molar-refractivity contribution >= 4 is 33.2 Å². The van der Waals surface area contributed by atoms with E-state index in [2.05, 4.69) is 31.6 Å². The molecule has 0 amide bonds. The Balaban J connectivity index is 2.00. The van der Waals surface area contributed by atoms with Gasteiger partial charge in [-0.2, -0.15) is 0 Å². The molecule has 7 heteroatoms. The van der Waals surface area contributed by atoms with E-state index < -0.39 is 0 Å². The van der Waals surface area contributed by atoms with Crippen LogP contribution in [0, 0.1) is 0 Å². The molecule has 0 aliphatic carbocycles. The van der Waals surface area contributed by atoms with Crippen LogP contribution >= 0.6 is 27.5 Å². The second kappa shape index (κ2) is 6.17. The summed E-state index contributed by atoms with van der Waals surface area (Å²) in [7, 11) is 0. The number of benzene rings is 1. The monoisotopic (exact) mass is 330 g/mol. The number of hydrogen-bond donors (Lipinski definition) is 2. The lowest BCUT2D eigenvalue weighted by Gasteiger charge is -2.07. The molecule has 1 aromatic heterocycles. The van der Waals surface area contributed by atoms with E-state index >= 15 is 0 Å². The van der Waals surface area contributed by atoms with Crippen LogP contribution in [0.15, 0.2) is 28.9 Å². The molecule has 0 atom stereocenters. The summed E-state index contributed by atoms with van der Waals surface area (Å²) < 4.78 is 2.43. The van der Waals surface area contributed by atoms with E-state index in [1.807, 2.05) is 18.2 Å². The minimum absolute atomic E-state index is 0.0517. The molecule has 2 aromatic rings. The molecule has 0 unspecified atom stereocenters. The van der Waals surface area contributed by atoms with E-state index in [-0.39, 0.29) is 6.61 Å². The fourth-order valence-corrected chi connectivity index (χ4v) is 2.04. The molecule has 1 aromatic carbocycles. The summed E-state index contributed by atoms with van der Waals surface area (Å²) in [5, 5.41) is 20.5. The van der Waals surface area contributed by atoms with E-state index in [1.165, 1.54) is 0 Å². The normalized spacial score (nSPS) is 10.6. The van der Waals surface area contributed by atoms with E-state index in [0.717, 1.165) is 15.9 Å². The van der Waals surface area contributed by atoms with Crippen LogP contribution in [-0.2, 0) is 13.1 Å². The van der Waals surface area contributed by atoms with Crippen molar-refractivity contribution in [2.24, 2.45) is 0 Å². The highest BCUT2D eigenvalue weighted by Gasteiger charge is 2.05. The Labute approximate surface area is 118 Å². The van der Waals surface area contributed by atoms with E-state index in [4.69, 9.17) is 16.7 Å². The Hall–Kier alpha value is -1.11. The smallest absolute Gasteiger partial charge is 0.102 e. The molecule has 0 aliphatic rings. The third-order valence-corrected chi connectivity index (χ3v) is 3.72. The first-order valence-electron chi connectivity index (χ1n) is 5.38. The second-order valence-corrected chi connectivity index (χ2v) is 4.85. The average Bonchev–Trinajstić information content (AvgIpc) is 2.79. The molecule has 18 heavy (non-hydrogen) atoms. The van der Waals surface area contributed by atoms with Gasteiger partial charge in [-0.05, 0) is 28.1 Å². The van der Waals surface area contributed by atoms with E-state index in [0.29, 0.717) is 18.1 Å². The highest BCUT2D eigenvalue weighted by Crippen LogP contribution is 2.30. The maximum absolute atomic E-state index is 8.78. The Morgan fingerprint density at radius 1 is 1.44 bits per heavy atom. The zero-order valence-electron chi connectivity index (χ0n) is 9.48.